The highest BCUT2D eigenvalue weighted by Crippen LogP contribution is 2.21. The van der Waals surface area contributed by atoms with Gasteiger partial charge in [0.15, 0.2) is 0 Å². The molecule has 0 unspecified atom stereocenters. The van der Waals surface area contributed by atoms with Gasteiger partial charge in [-0.2, -0.15) is 0 Å². The maximum Gasteiger partial charge on any atom is 0.208 e. The van der Waals surface area contributed by atoms with Crippen molar-refractivity contribution in [3.05, 3.63) is 10.8 Å². The quantitative estimate of drug-likeness (QED) is 0.756. The highest BCUT2D eigenvalue weighted by Gasteiger charge is 2.04. The third kappa shape index (κ3) is 2.20. The van der Waals surface area contributed by atoms with Crippen molar-refractivity contribution in [2.45, 2.75) is 17.8 Å². The molecular weight excluding hydrogens is 220 g/mol. The Morgan fingerprint density at radius 3 is 2.93 bits per heavy atom. The molecule has 2 aromatic heterocycles. The summed E-state index contributed by atoms with van der Waals surface area (Å²) in [6.07, 6.45) is 0. The van der Waals surface area contributed by atoms with Crippen LogP contribution in [-0.4, -0.2) is 25.4 Å². The third-order valence-corrected chi connectivity index (χ3v) is 3.18. The van der Waals surface area contributed by atoms with Gasteiger partial charge < -0.3 is 5.73 Å². The van der Waals surface area contributed by atoms with Crippen molar-refractivity contribution in [1.82, 2.24) is 25.4 Å². The molecule has 0 aromatic carbocycles. The number of nitrogens with one attached hydrogen (secondary N) is 1. The number of nitrogen functional groups attached to an aromatic ring is 1. The van der Waals surface area contributed by atoms with E-state index in [0.717, 1.165) is 16.0 Å². The second-order valence-electron chi connectivity index (χ2n) is 2.53. The summed E-state index contributed by atoms with van der Waals surface area (Å²) in [6, 6.07) is 0. The van der Waals surface area contributed by atoms with E-state index in [-0.39, 0.29) is 0 Å². The lowest BCUT2D eigenvalue weighted by molar-refractivity contribution is 0.966. The minimum atomic E-state index is 0.492. The summed E-state index contributed by atoms with van der Waals surface area (Å²) >= 11 is 2.89. The number of hydrogen-bond acceptors (Lipinski definition) is 7. The summed E-state index contributed by atoms with van der Waals surface area (Å²) in [4.78, 5) is 4.15. The van der Waals surface area contributed by atoms with E-state index >= 15 is 0 Å². The van der Waals surface area contributed by atoms with Gasteiger partial charge in [0, 0.05) is 0 Å². The molecule has 2 heterocycles. The molecule has 0 amide bonds. The zero-order valence-electron chi connectivity index (χ0n) is 7.39. The van der Waals surface area contributed by atoms with Crippen LogP contribution < -0.4 is 5.73 Å². The van der Waals surface area contributed by atoms with E-state index in [9.17, 15) is 0 Å². The van der Waals surface area contributed by atoms with E-state index in [1.54, 1.807) is 0 Å². The number of nitrogens with zero attached hydrogens (tertiary/aromatic N) is 4. The van der Waals surface area contributed by atoms with Gasteiger partial charge in [-0.1, -0.05) is 23.1 Å². The molecule has 14 heavy (non-hydrogen) atoms. The van der Waals surface area contributed by atoms with Gasteiger partial charge in [-0.3, -0.25) is 5.10 Å². The van der Waals surface area contributed by atoms with Crippen LogP contribution in [0.15, 0.2) is 5.16 Å². The Labute approximate surface area is 88.3 Å². The number of thioether (sulfide) groups is 1. The zero-order valence-corrected chi connectivity index (χ0v) is 9.02. The van der Waals surface area contributed by atoms with Gasteiger partial charge in [0.05, 0.1) is 5.75 Å². The first-order chi connectivity index (χ1) is 6.74. The van der Waals surface area contributed by atoms with Crippen molar-refractivity contribution in [3.8, 4) is 0 Å². The summed E-state index contributed by atoms with van der Waals surface area (Å²) < 4.78 is 0. The van der Waals surface area contributed by atoms with E-state index < -0.39 is 0 Å². The number of anilines is 1. The van der Waals surface area contributed by atoms with Crippen LogP contribution in [0.25, 0.3) is 0 Å². The third-order valence-electron chi connectivity index (χ3n) is 1.38. The fraction of sp³-hybridized carbons (Fsp3) is 0.333. The number of aryl methyl sites for hydroxylation is 1. The molecule has 2 rings (SSSR count). The second-order valence-corrected chi connectivity index (χ2v) is 4.56. The summed E-state index contributed by atoms with van der Waals surface area (Å²) in [5.74, 6) is 1.51. The monoisotopic (exact) mass is 228 g/mol. The highest BCUT2D eigenvalue weighted by molar-refractivity contribution is 7.98. The molecule has 0 fully saturated rings. The van der Waals surface area contributed by atoms with Crippen molar-refractivity contribution in [3.63, 3.8) is 0 Å². The van der Waals surface area contributed by atoms with Gasteiger partial charge >= 0.3 is 0 Å². The van der Waals surface area contributed by atoms with Crippen molar-refractivity contribution < 1.29 is 0 Å². The maximum absolute atomic E-state index is 5.45. The first-order valence-corrected chi connectivity index (χ1v) is 5.64. The lowest BCUT2D eigenvalue weighted by Crippen LogP contribution is -1.81. The first kappa shape index (κ1) is 9.41. The van der Waals surface area contributed by atoms with E-state index in [4.69, 9.17) is 5.73 Å². The maximum atomic E-state index is 5.45. The number of aromatic amines is 1. The van der Waals surface area contributed by atoms with E-state index in [2.05, 4.69) is 25.4 Å². The van der Waals surface area contributed by atoms with Gasteiger partial charge in [-0.05, 0) is 6.92 Å². The van der Waals surface area contributed by atoms with Crippen LogP contribution in [0.4, 0.5) is 5.13 Å². The van der Waals surface area contributed by atoms with Gasteiger partial charge in [0.2, 0.25) is 10.3 Å². The van der Waals surface area contributed by atoms with Crippen molar-refractivity contribution in [2.24, 2.45) is 0 Å². The molecule has 0 aliphatic rings. The molecule has 0 spiro atoms. The molecule has 8 heteroatoms. The fourth-order valence-corrected chi connectivity index (χ4v) is 2.28. The topological polar surface area (TPSA) is 93.4 Å². The smallest absolute Gasteiger partial charge is 0.208 e. The largest absolute Gasteiger partial charge is 0.374 e. The molecule has 0 atom stereocenters. The Kier molecular flexibility index (Phi) is 2.64. The minimum Gasteiger partial charge on any atom is -0.374 e. The van der Waals surface area contributed by atoms with Crippen LogP contribution in [-0.2, 0) is 5.75 Å². The Morgan fingerprint density at radius 1 is 1.50 bits per heavy atom. The van der Waals surface area contributed by atoms with Crippen molar-refractivity contribution in [2.75, 3.05) is 5.73 Å². The van der Waals surface area contributed by atoms with E-state index in [0.29, 0.717) is 10.9 Å². The average molecular weight is 228 g/mol. The van der Waals surface area contributed by atoms with Gasteiger partial charge in [-0.25, -0.2) is 4.98 Å². The number of aromatic nitrogens is 5. The zero-order chi connectivity index (χ0) is 9.97. The standard InChI is InChI=1S/C6H8N6S2/c1-3-8-6(12-9-3)13-2-4-10-11-5(7)14-4/h2H2,1H3,(H2,7,11)(H,8,9,12). The molecular formula is C6H8N6S2. The Hall–Kier alpha value is -1.15. The Balaban J connectivity index is 1.94. The van der Waals surface area contributed by atoms with Gasteiger partial charge in [0.25, 0.3) is 0 Å². The van der Waals surface area contributed by atoms with Crippen LogP contribution in [0.1, 0.15) is 10.8 Å². The van der Waals surface area contributed by atoms with Crippen molar-refractivity contribution >= 4 is 28.2 Å². The minimum absolute atomic E-state index is 0.492. The summed E-state index contributed by atoms with van der Waals surface area (Å²) in [5.41, 5.74) is 5.45. The van der Waals surface area contributed by atoms with Crippen LogP contribution in [0.2, 0.25) is 0 Å². The molecule has 0 aliphatic heterocycles. The van der Waals surface area contributed by atoms with Crippen molar-refractivity contribution in [1.29, 1.82) is 0 Å². The fourth-order valence-electron chi connectivity index (χ4n) is 0.838. The summed E-state index contributed by atoms with van der Waals surface area (Å²) in [5, 5.41) is 16.5. The number of H-pyrrole nitrogens is 1. The number of hydrogen-bond donors (Lipinski definition) is 2. The van der Waals surface area contributed by atoms with Gasteiger partial charge in [-0.15, -0.1) is 15.3 Å². The Bertz CT molecular complexity index is 381. The molecule has 2 aromatic rings. The summed E-state index contributed by atoms with van der Waals surface area (Å²) in [7, 11) is 0. The molecule has 0 saturated heterocycles. The van der Waals surface area contributed by atoms with Crippen LogP contribution in [0.3, 0.4) is 0 Å². The van der Waals surface area contributed by atoms with E-state index in [1.807, 2.05) is 6.92 Å². The molecule has 6 nitrogen and oxygen atoms in total. The molecule has 0 saturated carbocycles. The SMILES string of the molecule is Cc1nc(SCc2nnc(N)s2)n[nH]1. The van der Waals surface area contributed by atoms with E-state index in [1.165, 1.54) is 23.1 Å². The van der Waals surface area contributed by atoms with Crippen LogP contribution >= 0.6 is 23.1 Å². The molecule has 74 valence electrons. The molecule has 3 N–H and O–H groups in total. The predicted molar refractivity (Wildman–Crippen MR) is 55.0 cm³/mol. The van der Waals surface area contributed by atoms with Crippen LogP contribution in [0.5, 0.6) is 0 Å². The van der Waals surface area contributed by atoms with Crippen LogP contribution in [0, 0.1) is 6.92 Å². The molecule has 0 aliphatic carbocycles. The molecule has 0 bridgehead atoms. The lowest BCUT2D eigenvalue weighted by Gasteiger charge is -1.89. The average Bonchev–Trinajstić information content (AvgIpc) is 2.72. The first-order valence-electron chi connectivity index (χ1n) is 3.83. The van der Waals surface area contributed by atoms with Gasteiger partial charge in [0.1, 0.15) is 10.8 Å². The Morgan fingerprint density at radius 2 is 2.36 bits per heavy atom. The molecule has 0 radical (unpaired) electrons. The highest BCUT2D eigenvalue weighted by atomic mass is 32.2. The lowest BCUT2D eigenvalue weighted by atomic mass is 10.8. The normalized spacial score (nSPS) is 10.6. The second kappa shape index (κ2) is 3.93. The summed E-state index contributed by atoms with van der Waals surface area (Å²) in [6.45, 7) is 1.86. The number of nitrogens with two attached hydrogens (primary N) is 1. The predicted octanol–water partition coefficient (Wildman–Crippen LogP) is 0.839. The number of rotatable bonds is 3.